The zero-order chi connectivity index (χ0) is 18.5. The largest absolute Gasteiger partial charge is 0.324 e. The number of rotatable bonds is 9. The van der Waals surface area contributed by atoms with Crippen LogP contribution in [-0.4, -0.2) is 32.2 Å². The molecule has 1 fully saturated rings. The number of carbonyl (C=O) groups excluding carboxylic acids is 1. The number of thioether (sulfide) groups is 2. The smallest absolute Gasteiger partial charge is 0.288 e. The zero-order valence-electron chi connectivity index (χ0n) is 13.9. The Balaban J connectivity index is 1.62. The maximum atomic E-state index is 12.6. The molecule has 5 nitrogen and oxygen atoms in total. The second kappa shape index (κ2) is 8.68. The van der Waals surface area contributed by atoms with Crippen LogP contribution in [0.2, 0.25) is 0 Å². The molecule has 0 radical (unpaired) electrons. The normalized spacial score (nSPS) is 13.8. The van der Waals surface area contributed by atoms with Gasteiger partial charge in [0.05, 0.1) is 11.4 Å². The molecular weight excluding hydrogens is 378 g/mol. The van der Waals surface area contributed by atoms with Crippen LogP contribution in [0.1, 0.15) is 24.6 Å². The molecule has 1 heterocycles. The van der Waals surface area contributed by atoms with E-state index in [9.17, 15) is 13.6 Å². The van der Waals surface area contributed by atoms with E-state index >= 15 is 0 Å². The number of benzene rings is 1. The van der Waals surface area contributed by atoms with Gasteiger partial charge in [-0.05, 0) is 25.0 Å². The highest BCUT2D eigenvalue weighted by atomic mass is 32.2. The minimum atomic E-state index is -2.54. The van der Waals surface area contributed by atoms with Gasteiger partial charge in [-0.3, -0.25) is 4.79 Å². The first-order valence-electron chi connectivity index (χ1n) is 8.09. The number of aromatic nitrogens is 3. The topological polar surface area (TPSA) is 59.8 Å². The third-order valence-corrected chi connectivity index (χ3v) is 5.46. The van der Waals surface area contributed by atoms with E-state index in [-0.39, 0.29) is 11.7 Å². The number of hydrogen-bond donors (Lipinski definition) is 1. The Kier molecular flexibility index (Phi) is 6.31. The predicted molar refractivity (Wildman–Crippen MR) is 99.9 cm³/mol. The fourth-order valence-corrected chi connectivity index (χ4v) is 3.79. The second-order valence-electron chi connectivity index (χ2n) is 5.73. The summed E-state index contributed by atoms with van der Waals surface area (Å²) in [4.78, 5) is 12.6. The summed E-state index contributed by atoms with van der Waals surface area (Å²) in [5.74, 6) is -1.32. The predicted octanol–water partition coefficient (Wildman–Crippen LogP) is 4.39. The zero-order valence-corrected chi connectivity index (χ0v) is 15.5. The van der Waals surface area contributed by atoms with Crippen LogP contribution >= 0.6 is 23.5 Å². The fraction of sp³-hybridized carbons (Fsp3) is 0.353. The van der Waals surface area contributed by atoms with E-state index in [1.807, 2.05) is 4.57 Å². The van der Waals surface area contributed by atoms with E-state index < -0.39 is 5.76 Å². The summed E-state index contributed by atoms with van der Waals surface area (Å²) in [6, 6.07) is 6.52. The molecule has 1 aliphatic carbocycles. The summed E-state index contributed by atoms with van der Waals surface area (Å²) in [5.41, 5.74) is 0.384. The highest BCUT2D eigenvalue weighted by Gasteiger charge is 2.30. The molecule has 1 aromatic carbocycles. The van der Waals surface area contributed by atoms with Gasteiger partial charge >= 0.3 is 0 Å². The number of allylic oxidation sites excluding steroid dienone is 1. The molecule has 0 saturated heterocycles. The van der Waals surface area contributed by atoms with Gasteiger partial charge < -0.3 is 9.88 Å². The van der Waals surface area contributed by atoms with Crippen LogP contribution in [0.4, 0.5) is 14.5 Å². The van der Waals surface area contributed by atoms with Crippen LogP contribution < -0.4 is 5.32 Å². The Morgan fingerprint density at radius 1 is 1.38 bits per heavy atom. The van der Waals surface area contributed by atoms with Crippen molar-refractivity contribution in [2.45, 2.75) is 41.1 Å². The van der Waals surface area contributed by atoms with E-state index in [2.05, 4.69) is 22.1 Å². The molecule has 1 aromatic heterocycles. The number of anilines is 1. The van der Waals surface area contributed by atoms with Crippen LogP contribution in [-0.2, 0) is 11.3 Å². The highest BCUT2D eigenvalue weighted by Crippen LogP contribution is 2.40. The Bertz CT molecular complexity index is 793. The van der Waals surface area contributed by atoms with E-state index in [1.165, 1.54) is 11.8 Å². The van der Waals surface area contributed by atoms with Gasteiger partial charge in [-0.2, -0.15) is 8.78 Å². The number of nitrogens with one attached hydrogen (secondary N) is 1. The van der Waals surface area contributed by atoms with E-state index in [4.69, 9.17) is 0 Å². The second-order valence-corrected chi connectivity index (χ2v) is 7.70. The summed E-state index contributed by atoms with van der Waals surface area (Å²) in [6.07, 6.45) is 4.00. The molecule has 0 unspecified atom stereocenters. The third kappa shape index (κ3) is 4.85. The standard InChI is InChI=1S/C17H18F2N4OS2/c1-2-9-23-15(11-7-8-11)21-22-17(23)25-10-14(24)20-12-5-3-4-6-13(12)26-16(18)19/h2-6,11,16H,1,7-10H2,(H,20,24). The van der Waals surface area contributed by atoms with Crippen molar-refractivity contribution in [1.29, 1.82) is 0 Å². The van der Waals surface area contributed by atoms with Gasteiger partial charge in [-0.25, -0.2) is 0 Å². The SMILES string of the molecule is C=CCn1c(SCC(=O)Nc2ccccc2SC(F)F)nnc1C1CC1. The van der Waals surface area contributed by atoms with Crippen molar-refractivity contribution in [3.63, 3.8) is 0 Å². The molecule has 1 N–H and O–H groups in total. The van der Waals surface area contributed by atoms with Crippen molar-refractivity contribution >= 4 is 35.1 Å². The van der Waals surface area contributed by atoms with Gasteiger partial charge in [0.1, 0.15) is 5.82 Å². The summed E-state index contributed by atoms with van der Waals surface area (Å²) in [5, 5.41) is 11.8. The number of halogens is 2. The Morgan fingerprint density at radius 3 is 2.85 bits per heavy atom. The molecule has 1 aliphatic rings. The van der Waals surface area contributed by atoms with Crippen molar-refractivity contribution in [2.75, 3.05) is 11.1 Å². The number of para-hydroxylation sites is 1. The molecule has 0 atom stereocenters. The van der Waals surface area contributed by atoms with Gasteiger partial charge in [0.25, 0.3) is 5.76 Å². The molecule has 3 rings (SSSR count). The summed E-state index contributed by atoms with van der Waals surface area (Å²) in [6.45, 7) is 4.35. The van der Waals surface area contributed by atoms with Crippen LogP contribution in [0, 0.1) is 0 Å². The molecule has 0 spiro atoms. The molecule has 0 aliphatic heterocycles. The lowest BCUT2D eigenvalue weighted by Gasteiger charge is -2.10. The average Bonchev–Trinajstić information content (AvgIpc) is 3.37. The molecular formula is C17H18F2N4OS2. The van der Waals surface area contributed by atoms with Crippen LogP contribution in [0.25, 0.3) is 0 Å². The fourth-order valence-electron chi connectivity index (χ4n) is 2.44. The van der Waals surface area contributed by atoms with Gasteiger partial charge in [0.15, 0.2) is 5.16 Å². The molecule has 0 bridgehead atoms. The molecule has 2 aromatic rings. The Labute approximate surface area is 158 Å². The van der Waals surface area contributed by atoms with E-state index in [1.54, 1.807) is 30.3 Å². The third-order valence-electron chi connectivity index (χ3n) is 3.71. The number of nitrogens with zero attached hydrogens (tertiary/aromatic N) is 3. The van der Waals surface area contributed by atoms with Crippen LogP contribution in [0.5, 0.6) is 0 Å². The first-order chi connectivity index (χ1) is 12.6. The highest BCUT2D eigenvalue weighted by molar-refractivity contribution is 8.00. The molecule has 1 amide bonds. The number of alkyl halides is 2. The van der Waals surface area contributed by atoms with Crippen molar-refractivity contribution in [3.8, 4) is 0 Å². The van der Waals surface area contributed by atoms with Crippen molar-refractivity contribution in [2.24, 2.45) is 0 Å². The lowest BCUT2D eigenvalue weighted by molar-refractivity contribution is -0.113. The summed E-state index contributed by atoms with van der Waals surface area (Å²) in [7, 11) is 0. The van der Waals surface area contributed by atoms with Crippen molar-refractivity contribution in [1.82, 2.24) is 14.8 Å². The van der Waals surface area contributed by atoms with Crippen LogP contribution in [0.3, 0.4) is 0 Å². The number of carbonyl (C=O) groups is 1. The van der Waals surface area contributed by atoms with Crippen molar-refractivity contribution < 1.29 is 13.6 Å². The maximum absolute atomic E-state index is 12.6. The van der Waals surface area contributed by atoms with E-state index in [0.717, 1.165) is 18.7 Å². The Hall–Kier alpha value is -1.87. The molecule has 138 valence electrons. The lowest BCUT2D eigenvalue weighted by atomic mass is 10.3. The molecule has 9 heteroatoms. The van der Waals surface area contributed by atoms with Crippen molar-refractivity contribution in [3.05, 3.63) is 42.7 Å². The number of amides is 1. The first-order valence-corrected chi connectivity index (χ1v) is 9.95. The van der Waals surface area contributed by atoms with Gasteiger partial charge in [0.2, 0.25) is 5.91 Å². The summed E-state index contributed by atoms with van der Waals surface area (Å²) >= 11 is 1.69. The van der Waals surface area contributed by atoms with E-state index in [0.29, 0.717) is 40.0 Å². The maximum Gasteiger partial charge on any atom is 0.288 e. The minimum absolute atomic E-state index is 0.119. The number of hydrogen-bond acceptors (Lipinski definition) is 5. The minimum Gasteiger partial charge on any atom is -0.324 e. The Morgan fingerprint density at radius 2 is 2.15 bits per heavy atom. The summed E-state index contributed by atoms with van der Waals surface area (Å²) < 4.78 is 27.2. The molecule has 26 heavy (non-hydrogen) atoms. The molecule has 1 saturated carbocycles. The van der Waals surface area contributed by atoms with Crippen LogP contribution in [0.15, 0.2) is 47.0 Å². The quantitative estimate of drug-likeness (QED) is 0.503. The first kappa shape index (κ1) is 18.9. The van der Waals surface area contributed by atoms with Gasteiger partial charge in [0, 0.05) is 17.4 Å². The average molecular weight is 396 g/mol. The van der Waals surface area contributed by atoms with Gasteiger partial charge in [-0.1, -0.05) is 41.7 Å². The lowest BCUT2D eigenvalue weighted by Crippen LogP contribution is -2.15. The van der Waals surface area contributed by atoms with Gasteiger partial charge in [-0.15, -0.1) is 16.8 Å². The monoisotopic (exact) mass is 396 g/mol.